The van der Waals surface area contributed by atoms with E-state index in [4.69, 9.17) is 9.47 Å². The van der Waals surface area contributed by atoms with Gasteiger partial charge in [0.05, 0.1) is 6.04 Å². The summed E-state index contributed by atoms with van der Waals surface area (Å²) in [5.41, 5.74) is 3.27. The van der Waals surface area contributed by atoms with Crippen LogP contribution in [0.5, 0.6) is 11.5 Å². The summed E-state index contributed by atoms with van der Waals surface area (Å²) in [6, 6.07) is 13.6. The van der Waals surface area contributed by atoms with Gasteiger partial charge in [-0.1, -0.05) is 30.3 Å². The summed E-state index contributed by atoms with van der Waals surface area (Å²) < 4.78 is 11.6. The number of hydrogen-bond donors (Lipinski definition) is 1. The maximum Gasteiger partial charge on any atom is 0.261 e. The molecule has 0 bridgehead atoms. The van der Waals surface area contributed by atoms with Crippen molar-refractivity contribution in [3.05, 3.63) is 59.2 Å². The zero-order chi connectivity index (χ0) is 18.4. The first-order valence-electron chi connectivity index (χ1n) is 8.60. The van der Waals surface area contributed by atoms with E-state index in [-0.39, 0.29) is 11.9 Å². The van der Waals surface area contributed by atoms with E-state index < -0.39 is 6.10 Å². The highest BCUT2D eigenvalue weighted by Crippen LogP contribution is 2.21. The Kier molecular flexibility index (Phi) is 6.45. The molecule has 134 valence electrons. The number of rotatable bonds is 7. The molecular formula is C21H27NO3. The first kappa shape index (κ1) is 18.8. The SMILES string of the molecule is Cc1ccccc1OCC(C)NC(=O)C(C)Oc1cccc(C)c1C. The molecule has 0 spiro atoms. The average molecular weight is 341 g/mol. The maximum absolute atomic E-state index is 12.3. The zero-order valence-corrected chi connectivity index (χ0v) is 15.6. The number of ether oxygens (including phenoxy) is 2. The van der Waals surface area contributed by atoms with Crippen LogP contribution in [0.25, 0.3) is 0 Å². The monoisotopic (exact) mass is 341 g/mol. The number of hydrogen-bond acceptors (Lipinski definition) is 3. The summed E-state index contributed by atoms with van der Waals surface area (Å²) in [4.78, 5) is 12.3. The molecule has 0 radical (unpaired) electrons. The number of carbonyl (C=O) groups is 1. The lowest BCUT2D eigenvalue weighted by Gasteiger charge is -2.20. The van der Waals surface area contributed by atoms with E-state index in [1.807, 2.05) is 70.2 Å². The van der Waals surface area contributed by atoms with Crippen LogP contribution in [0.4, 0.5) is 0 Å². The normalized spacial score (nSPS) is 13.0. The molecule has 0 aliphatic carbocycles. The van der Waals surface area contributed by atoms with Crippen molar-refractivity contribution in [1.82, 2.24) is 5.32 Å². The van der Waals surface area contributed by atoms with Crippen LogP contribution in [-0.4, -0.2) is 24.7 Å². The highest BCUT2D eigenvalue weighted by molar-refractivity contribution is 5.81. The number of nitrogens with one attached hydrogen (secondary N) is 1. The Morgan fingerprint density at radius 2 is 1.60 bits per heavy atom. The van der Waals surface area contributed by atoms with E-state index in [0.29, 0.717) is 6.61 Å². The standard InChI is InChI=1S/C21H27NO3/c1-14-10-8-12-20(17(14)4)25-18(5)21(23)22-16(3)13-24-19-11-7-6-9-15(19)2/h6-12,16,18H,13H2,1-5H3,(H,22,23). The highest BCUT2D eigenvalue weighted by atomic mass is 16.5. The molecule has 0 saturated carbocycles. The van der Waals surface area contributed by atoms with Crippen molar-refractivity contribution < 1.29 is 14.3 Å². The van der Waals surface area contributed by atoms with Gasteiger partial charge in [0.1, 0.15) is 18.1 Å². The molecule has 2 rings (SSSR count). The Morgan fingerprint density at radius 3 is 2.32 bits per heavy atom. The fourth-order valence-electron chi connectivity index (χ4n) is 2.43. The molecular weight excluding hydrogens is 314 g/mol. The van der Waals surface area contributed by atoms with Crippen LogP contribution in [0.2, 0.25) is 0 Å². The molecule has 2 aromatic carbocycles. The van der Waals surface area contributed by atoms with Gasteiger partial charge >= 0.3 is 0 Å². The van der Waals surface area contributed by atoms with Crippen LogP contribution in [-0.2, 0) is 4.79 Å². The van der Waals surface area contributed by atoms with Crippen molar-refractivity contribution in [1.29, 1.82) is 0 Å². The second kappa shape index (κ2) is 8.56. The summed E-state index contributed by atoms with van der Waals surface area (Å²) >= 11 is 0. The predicted octanol–water partition coefficient (Wildman–Crippen LogP) is 3.96. The van der Waals surface area contributed by atoms with Gasteiger partial charge in [-0.05, 0) is 63.4 Å². The van der Waals surface area contributed by atoms with Crippen molar-refractivity contribution in [2.75, 3.05) is 6.61 Å². The third kappa shape index (κ3) is 5.24. The van der Waals surface area contributed by atoms with Crippen LogP contribution in [0, 0.1) is 20.8 Å². The van der Waals surface area contributed by atoms with Gasteiger partial charge < -0.3 is 14.8 Å². The first-order chi connectivity index (χ1) is 11.9. The van der Waals surface area contributed by atoms with Crippen LogP contribution >= 0.6 is 0 Å². The van der Waals surface area contributed by atoms with Crippen LogP contribution in [0.3, 0.4) is 0 Å². The topological polar surface area (TPSA) is 47.6 Å². The molecule has 4 heteroatoms. The zero-order valence-electron chi connectivity index (χ0n) is 15.6. The van der Waals surface area contributed by atoms with Crippen LogP contribution in [0.15, 0.2) is 42.5 Å². The number of para-hydroxylation sites is 1. The van der Waals surface area contributed by atoms with Gasteiger partial charge in [-0.15, -0.1) is 0 Å². The Hall–Kier alpha value is -2.49. The van der Waals surface area contributed by atoms with E-state index >= 15 is 0 Å². The van der Waals surface area contributed by atoms with Crippen molar-refractivity contribution in [3.8, 4) is 11.5 Å². The lowest BCUT2D eigenvalue weighted by Crippen LogP contribution is -2.43. The molecule has 0 fully saturated rings. The number of carbonyl (C=O) groups excluding carboxylic acids is 1. The van der Waals surface area contributed by atoms with Crippen molar-refractivity contribution in [3.63, 3.8) is 0 Å². The van der Waals surface area contributed by atoms with Gasteiger partial charge in [-0.2, -0.15) is 0 Å². The molecule has 0 saturated heterocycles. The van der Waals surface area contributed by atoms with Crippen LogP contribution in [0.1, 0.15) is 30.5 Å². The second-order valence-corrected chi connectivity index (χ2v) is 6.44. The minimum Gasteiger partial charge on any atom is -0.491 e. The van der Waals surface area contributed by atoms with Gasteiger partial charge in [-0.25, -0.2) is 0 Å². The van der Waals surface area contributed by atoms with Gasteiger partial charge in [0, 0.05) is 0 Å². The van der Waals surface area contributed by atoms with E-state index in [1.54, 1.807) is 6.92 Å². The molecule has 1 amide bonds. The summed E-state index contributed by atoms with van der Waals surface area (Å²) in [7, 11) is 0. The van der Waals surface area contributed by atoms with Gasteiger partial charge in [0.25, 0.3) is 5.91 Å². The third-order valence-electron chi connectivity index (χ3n) is 4.20. The van der Waals surface area contributed by atoms with E-state index in [2.05, 4.69) is 5.32 Å². The summed E-state index contributed by atoms with van der Waals surface area (Å²) in [5.74, 6) is 1.43. The Labute approximate surface area is 150 Å². The summed E-state index contributed by atoms with van der Waals surface area (Å²) in [6.45, 7) is 10.1. The number of amides is 1. The smallest absolute Gasteiger partial charge is 0.261 e. The summed E-state index contributed by atoms with van der Waals surface area (Å²) in [5, 5.41) is 2.93. The van der Waals surface area contributed by atoms with E-state index in [9.17, 15) is 4.79 Å². The van der Waals surface area contributed by atoms with Crippen LogP contribution < -0.4 is 14.8 Å². The molecule has 2 aromatic rings. The minimum atomic E-state index is -0.568. The molecule has 25 heavy (non-hydrogen) atoms. The molecule has 0 aliphatic heterocycles. The largest absolute Gasteiger partial charge is 0.491 e. The lowest BCUT2D eigenvalue weighted by molar-refractivity contribution is -0.128. The second-order valence-electron chi connectivity index (χ2n) is 6.44. The number of aryl methyl sites for hydroxylation is 2. The Morgan fingerprint density at radius 1 is 0.960 bits per heavy atom. The maximum atomic E-state index is 12.3. The first-order valence-corrected chi connectivity index (χ1v) is 8.60. The van der Waals surface area contributed by atoms with Gasteiger partial charge in [0.15, 0.2) is 6.10 Å². The molecule has 0 aromatic heterocycles. The lowest BCUT2D eigenvalue weighted by atomic mass is 10.1. The molecule has 2 unspecified atom stereocenters. The Bertz CT molecular complexity index is 727. The molecule has 1 N–H and O–H groups in total. The van der Waals surface area contributed by atoms with Crippen molar-refractivity contribution in [2.24, 2.45) is 0 Å². The van der Waals surface area contributed by atoms with Gasteiger partial charge in [0.2, 0.25) is 0 Å². The fourth-order valence-corrected chi connectivity index (χ4v) is 2.43. The number of benzene rings is 2. The Balaban J connectivity index is 1.85. The highest BCUT2D eigenvalue weighted by Gasteiger charge is 2.18. The molecule has 0 heterocycles. The average Bonchev–Trinajstić information content (AvgIpc) is 2.58. The summed E-state index contributed by atoms with van der Waals surface area (Å²) in [6.07, 6.45) is -0.568. The minimum absolute atomic E-state index is 0.114. The van der Waals surface area contributed by atoms with Crippen molar-refractivity contribution >= 4 is 5.91 Å². The molecule has 4 nitrogen and oxygen atoms in total. The molecule has 0 aliphatic rings. The quantitative estimate of drug-likeness (QED) is 0.829. The van der Waals surface area contributed by atoms with E-state index in [0.717, 1.165) is 28.2 Å². The molecule has 2 atom stereocenters. The predicted molar refractivity (Wildman–Crippen MR) is 100 cm³/mol. The van der Waals surface area contributed by atoms with Gasteiger partial charge in [-0.3, -0.25) is 4.79 Å². The third-order valence-corrected chi connectivity index (χ3v) is 4.20. The van der Waals surface area contributed by atoms with Crippen molar-refractivity contribution in [2.45, 2.75) is 46.8 Å². The fraction of sp³-hybridized carbons (Fsp3) is 0.381. The van der Waals surface area contributed by atoms with E-state index in [1.165, 1.54) is 0 Å².